The molecule has 12 heavy (non-hydrogen) atoms. The van der Waals surface area contributed by atoms with Gasteiger partial charge in [0.1, 0.15) is 0 Å². The molecule has 0 saturated heterocycles. The Labute approximate surface area is 71.2 Å². The summed E-state index contributed by atoms with van der Waals surface area (Å²) in [7, 11) is 0. The Hall–Kier alpha value is -1.65. The molecule has 0 fully saturated rings. The molecule has 5 nitrogen and oxygen atoms in total. The minimum atomic E-state index is 1.58. The fourth-order valence-corrected chi connectivity index (χ4v) is 0.382. The molecule has 2 N–H and O–H groups in total. The van der Waals surface area contributed by atoms with Crippen LogP contribution in [-0.2, 0) is 0 Å². The Bertz CT molecular complexity index is 151. The summed E-state index contributed by atoms with van der Waals surface area (Å²) in [5.41, 5.74) is 0. The fourth-order valence-electron chi connectivity index (χ4n) is 0.382. The zero-order valence-electron chi connectivity index (χ0n) is 7.23. The molecular weight excluding hydrogens is 154 g/mol. The third-order valence-corrected chi connectivity index (χ3v) is 0.737. The molecule has 0 atom stereocenters. The fraction of sp³-hybridized carbons (Fsp3) is 0.286. The van der Waals surface area contributed by atoms with Gasteiger partial charge in [0.05, 0.1) is 12.4 Å². The van der Waals surface area contributed by atoms with Gasteiger partial charge in [-0.2, -0.15) is 20.5 Å². The highest BCUT2D eigenvalue weighted by molar-refractivity contribution is 4.72. The highest BCUT2D eigenvalue weighted by atomic mass is 15.3. The van der Waals surface area contributed by atoms with E-state index in [-0.39, 0.29) is 0 Å². The smallest absolute Gasteiger partial charge is 0.0690 e. The molecule has 5 heteroatoms. The SMILES string of the molecule is CC.c1cn[nH]c1.c1cn[nH]n1. The van der Waals surface area contributed by atoms with Crippen molar-refractivity contribution in [3.05, 3.63) is 30.9 Å². The van der Waals surface area contributed by atoms with Crippen molar-refractivity contribution in [3.63, 3.8) is 0 Å². The molecule has 0 amide bonds. The topological polar surface area (TPSA) is 70.2 Å². The number of aromatic amines is 2. The molecule has 2 heterocycles. The highest BCUT2D eigenvalue weighted by Crippen LogP contribution is 1.64. The van der Waals surface area contributed by atoms with Gasteiger partial charge in [0.15, 0.2) is 0 Å². The normalized spacial score (nSPS) is 7.17. The Balaban J connectivity index is 0.000000168. The standard InChI is InChI=1S/C3H4N2.C2H3N3.C2H6/c2*1-2-4-5-3-1;1-2/h1-3H,(H,4,5);1-2H,(H,3,4,5);1-2H3. The van der Waals surface area contributed by atoms with Gasteiger partial charge in [0.2, 0.25) is 0 Å². The van der Waals surface area contributed by atoms with Crippen LogP contribution in [0.1, 0.15) is 13.8 Å². The first-order chi connectivity index (χ1) is 6.00. The molecule has 2 rings (SSSR count). The van der Waals surface area contributed by atoms with Gasteiger partial charge in [-0.05, 0) is 6.07 Å². The summed E-state index contributed by atoms with van der Waals surface area (Å²) < 4.78 is 0. The predicted octanol–water partition coefficient (Wildman–Crippen LogP) is 1.24. The molecule has 2 aromatic heterocycles. The summed E-state index contributed by atoms with van der Waals surface area (Å²) in [6, 6.07) is 1.83. The Morgan fingerprint density at radius 3 is 1.75 bits per heavy atom. The maximum atomic E-state index is 3.60. The van der Waals surface area contributed by atoms with Crippen molar-refractivity contribution in [3.8, 4) is 0 Å². The first kappa shape index (κ1) is 10.3. The number of hydrogen-bond donors (Lipinski definition) is 2. The van der Waals surface area contributed by atoms with E-state index in [2.05, 4.69) is 25.6 Å². The van der Waals surface area contributed by atoms with Gasteiger partial charge in [-0.3, -0.25) is 5.10 Å². The summed E-state index contributed by atoms with van der Waals surface area (Å²) >= 11 is 0. The molecule has 0 aliphatic rings. The van der Waals surface area contributed by atoms with E-state index in [9.17, 15) is 0 Å². The van der Waals surface area contributed by atoms with Crippen LogP contribution in [0.15, 0.2) is 30.9 Å². The predicted molar refractivity (Wildman–Crippen MR) is 46.3 cm³/mol. The van der Waals surface area contributed by atoms with E-state index >= 15 is 0 Å². The van der Waals surface area contributed by atoms with Crippen LogP contribution in [-0.4, -0.2) is 25.6 Å². The maximum absolute atomic E-state index is 3.60. The lowest BCUT2D eigenvalue weighted by Crippen LogP contribution is -1.61. The van der Waals surface area contributed by atoms with E-state index in [1.54, 1.807) is 24.8 Å². The van der Waals surface area contributed by atoms with Gasteiger partial charge >= 0.3 is 0 Å². The molecule has 0 unspecified atom stereocenters. The first-order valence-electron chi connectivity index (χ1n) is 3.73. The zero-order valence-corrected chi connectivity index (χ0v) is 7.23. The number of hydrogen-bond acceptors (Lipinski definition) is 3. The maximum Gasteiger partial charge on any atom is 0.0690 e. The van der Waals surface area contributed by atoms with E-state index in [1.165, 1.54) is 0 Å². The van der Waals surface area contributed by atoms with Crippen LogP contribution in [0, 0.1) is 0 Å². The molecule has 2 aromatic rings. The van der Waals surface area contributed by atoms with Gasteiger partial charge < -0.3 is 0 Å². The van der Waals surface area contributed by atoms with Gasteiger partial charge in [0, 0.05) is 12.4 Å². The van der Waals surface area contributed by atoms with E-state index in [0.29, 0.717) is 0 Å². The second kappa shape index (κ2) is 9.35. The summed E-state index contributed by atoms with van der Waals surface area (Å²) in [6.45, 7) is 4.00. The summed E-state index contributed by atoms with van der Waals surface area (Å²) in [5, 5.41) is 15.5. The summed E-state index contributed by atoms with van der Waals surface area (Å²) in [4.78, 5) is 0. The molecular formula is C7H13N5. The molecule has 0 radical (unpaired) electrons. The van der Waals surface area contributed by atoms with Gasteiger partial charge in [-0.1, -0.05) is 13.8 Å². The summed E-state index contributed by atoms with van der Waals surface area (Å²) in [6.07, 6.45) is 6.62. The van der Waals surface area contributed by atoms with E-state index < -0.39 is 0 Å². The van der Waals surface area contributed by atoms with Crippen LogP contribution in [0.25, 0.3) is 0 Å². The third-order valence-electron chi connectivity index (χ3n) is 0.737. The molecule has 66 valence electrons. The Kier molecular flexibility index (Phi) is 8.06. The number of H-pyrrole nitrogens is 2. The minimum absolute atomic E-state index is 1.58. The molecule has 0 saturated carbocycles. The van der Waals surface area contributed by atoms with E-state index in [4.69, 9.17) is 0 Å². The lowest BCUT2D eigenvalue weighted by atomic mass is 10.8. The third kappa shape index (κ3) is 6.47. The number of nitrogens with zero attached hydrogens (tertiary/aromatic N) is 3. The van der Waals surface area contributed by atoms with E-state index in [0.717, 1.165) is 0 Å². The molecule has 0 aliphatic heterocycles. The molecule has 0 aromatic carbocycles. The van der Waals surface area contributed by atoms with Crippen molar-refractivity contribution >= 4 is 0 Å². The van der Waals surface area contributed by atoms with Gasteiger partial charge in [0.25, 0.3) is 0 Å². The average Bonchev–Trinajstić information content (AvgIpc) is 2.87. The lowest BCUT2D eigenvalue weighted by molar-refractivity contribution is 0.940. The van der Waals surface area contributed by atoms with Crippen LogP contribution in [0.3, 0.4) is 0 Å². The summed E-state index contributed by atoms with van der Waals surface area (Å²) in [5.74, 6) is 0. The largest absolute Gasteiger partial charge is 0.286 e. The van der Waals surface area contributed by atoms with Crippen LogP contribution in [0.5, 0.6) is 0 Å². The number of aromatic nitrogens is 5. The number of rotatable bonds is 0. The van der Waals surface area contributed by atoms with Crippen LogP contribution >= 0.6 is 0 Å². The van der Waals surface area contributed by atoms with Crippen molar-refractivity contribution in [2.45, 2.75) is 13.8 Å². The Morgan fingerprint density at radius 1 is 0.917 bits per heavy atom. The van der Waals surface area contributed by atoms with Gasteiger partial charge in [-0.15, -0.1) is 0 Å². The number of nitrogens with one attached hydrogen (secondary N) is 2. The molecule has 0 aliphatic carbocycles. The first-order valence-corrected chi connectivity index (χ1v) is 3.73. The quantitative estimate of drug-likeness (QED) is 0.620. The Morgan fingerprint density at radius 2 is 1.58 bits per heavy atom. The van der Waals surface area contributed by atoms with Crippen molar-refractivity contribution in [1.29, 1.82) is 0 Å². The van der Waals surface area contributed by atoms with E-state index in [1.807, 2.05) is 19.9 Å². The van der Waals surface area contributed by atoms with Crippen LogP contribution < -0.4 is 0 Å². The van der Waals surface area contributed by atoms with Crippen molar-refractivity contribution in [1.82, 2.24) is 25.6 Å². The molecule has 0 spiro atoms. The molecule has 0 bridgehead atoms. The van der Waals surface area contributed by atoms with Crippen molar-refractivity contribution < 1.29 is 0 Å². The van der Waals surface area contributed by atoms with Crippen LogP contribution in [0.2, 0.25) is 0 Å². The van der Waals surface area contributed by atoms with Gasteiger partial charge in [-0.25, -0.2) is 0 Å². The van der Waals surface area contributed by atoms with Crippen LogP contribution in [0.4, 0.5) is 0 Å². The zero-order chi connectivity index (χ0) is 9.07. The van der Waals surface area contributed by atoms with Crippen molar-refractivity contribution in [2.75, 3.05) is 0 Å². The monoisotopic (exact) mass is 167 g/mol. The highest BCUT2D eigenvalue weighted by Gasteiger charge is 1.57. The average molecular weight is 167 g/mol. The minimum Gasteiger partial charge on any atom is -0.286 e. The van der Waals surface area contributed by atoms with Crippen molar-refractivity contribution in [2.24, 2.45) is 0 Å². The lowest BCUT2D eigenvalue weighted by Gasteiger charge is -1.49. The second-order valence-corrected chi connectivity index (χ2v) is 1.42. The second-order valence-electron chi connectivity index (χ2n) is 1.42.